The summed E-state index contributed by atoms with van der Waals surface area (Å²) in [5.74, 6) is 0. The molecule has 3 N–H and O–H groups in total. The lowest BCUT2D eigenvalue weighted by atomic mass is 10.4. The van der Waals surface area contributed by atoms with Gasteiger partial charge in [-0.05, 0) is 27.1 Å². The minimum atomic E-state index is -3.33. The first-order chi connectivity index (χ1) is 6.90. The number of hydrogen-bond acceptors (Lipinski definition) is 4. The van der Waals surface area contributed by atoms with Crippen LogP contribution >= 0.6 is 0 Å². The van der Waals surface area contributed by atoms with Crippen LogP contribution in [0.1, 0.15) is 6.42 Å². The van der Waals surface area contributed by atoms with Crippen molar-refractivity contribution in [2.24, 2.45) is 5.73 Å². The van der Waals surface area contributed by atoms with Gasteiger partial charge in [0.25, 0.3) is 10.2 Å². The first-order valence-corrected chi connectivity index (χ1v) is 6.40. The standard InChI is InChI=1S/C8H22N4O2S/c1-11(2)8-6-10-15(13,14)12(3)7-4-5-9/h10H,4-9H2,1-3H3. The quantitative estimate of drug-likeness (QED) is 0.549. The van der Waals surface area contributed by atoms with E-state index in [1.54, 1.807) is 7.05 Å². The third-order valence-electron chi connectivity index (χ3n) is 1.93. The van der Waals surface area contributed by atoms with Crippen LogP contribution in [0.3, 0.4) is 0 Å². The Kier molecular flexibility index (Phi) is 7.03. The van der Waals surface area contributed by atoms with Gasteiger partial charge >= 0.3 is 0 Å². The average molecular weight is 238 g/mol. The normalized spacial score (nSPS) is 12.7. The number of likely N-dealkylation sites (N-methyl/N-ethyl adjacent to an activating group) is 1. The second kappa shape index (κ2) is 7.13. The van der Waals surface area contributed by atoms with Gasteiger partial charge in [-0.3, -0.25) is 0 Å². The highest BCUT2D eigenvalue weighted by Gasteiger charge is 2.15. The van der Waals surface area contributed by atoms with Gasteiger partial charge in [-0.25, -0.2) is 4.72 Å². The van der Waals surface area contributed by atoms with Gasteiger partial charge in [0.2, 0.25) is 0 Å². The van der Waals surface area contributed by atoms with Crippen LogP contribution in [-0.4, -0.2) is 64.9 Å². The fourth-order valence-electron chi connectivity index (χ4n) is 0.943. The van der Waals surface area contributed by atoms with E-state index < -0.39 is 10.2 Å². The summed E-state index contributed by atoms with van der Waals surface area (Å²) in [6.45, 7) is 2.05. The summed E-state index contributed by atoms with van der Waals surface area (Å²) in [7, 11) is 2.01. The van der Waals surface area contributed by atoms with Crippen LogP contribution in [-0.2, 0) is 10.2 Å². The van der Waals surface area contributed by atoms with Crippen LogP contribution in [0.15, 0.2) is 0 Å². The Hall–Kier alpha value is -0.210. The van der Waals surface area contributed by atoms with Gasteiger partial charge in [-0.2, -0.15) is 12.7 Å². The molecule has 0 heterocycles. The maximum atomic E-state index is 11.6. The molecule has 0 aromatic heterocycles. The van der Waals surface area contributed by atoms with Gasteiger partial charge in [-0.1, -0.05) is 0 Å². The fourth-order valence-corrected chi connectivity index (χ4v) is 1.88. The molecule has 6 nitrogen and oxygen atoms in total. The van der Waals surface area contributed by atoms with Crippen molar-refractivity contribution in [3.63, 3.8) is 0 Å². The molecule has 0 radical (unpaired) electrons. The van der Waals surface area contributed by atoms with Gasteiger partial charge in [0.15, 0.2) is 0 Å². The van der Waals surface area contributed by atoms with E-state index in [0.717, 1.165) is 0 Å². The predicted molar refractivity (Wildman–Crippen MR) is 61.8 cm³/mol. The Bertz CT molecular complexity index is 253. The lowest BCUT2D eigenvalue weighted by molar-refractivity contribution is 0.404. The Morgan fingerprint density at radius 3 is 2.27 bits per heavy atom. The van der Waals surface area contributed by atoms with E-state index in [1.165, 1.54) is 4.31 Å². The summed E-state index contributed by atoms with van der Waals surface area (Å²) in [4.78, 5) is 1.92. The highest BCUT2D eigenvalue weighted by Crippen LogP contribution is 1.94. The number of rotatable bonds is 8. The highest BCUT2D eigenvalue weighted by atomic mass is 32.2. The third-order valence-corrected chi connectivity index (χ3v) is 3.50. The van der Waals surface area contributed by atoms with Crippen molar-refractivity contribution >= 4 is 10.2 Å². The molecule has 0 aliphatic rings. The number of nitrogens with one attached hydrogen (secondary N) is 1. The molecule has 15 heavy (non-hydrogen) atoms. The van der Waals surface area contributed by atoms with Gasteiger partial charge in [0, 0.05) is 26.7 Å². The van der Waals surface area contributed by atoms with Crippen molar-refractivity contribution < 1.29 is 8.42 Å². The molecule has 0 aromatic rings. The number of nitrogens with zero attached hydrogens (tertiary/aromatic N) is 2. The Morgan fingerprint density at radius 1 is 1.20 bits per heavy atom. The molecular weight excluding hydrogens is 216 g/mol. The summed E-state index contributed by atoms with van der Waals surface area (Å²) in [5.41, 5.74) is 5.31. The summed E-state index contributed by atoms with van der Waals surface area (Å²) in [6, 6.07) is 0. The Balaban J connectivity index is 3.95. The molecule has 7 heteroatoms. The Labute approximate surface area is 92.6 Å². The summed E-state index contributed by atoms with van der Waals surface area (Å²) in [6.07, 6.45) is 0.672. The zero-order valence-electron chi connectivity index (χ0n) is 9.73. The zero-order valence-corrected chi connectivity index (χ0v) is 10.5. The number of nitrogens with two attached hydrogens (primary N) is 1. The van der Waals surface area contributed by atoms with Crippen LogP contribution in [0.5, 0.6) is 0 Å². The molecule has 0 atom stereocenters. The molecule has 0 rings (SSSR count). The van der Waals surface area contributed by atoms with E-state index in [9.17, 15) is 8.42 Å². The second-order valence-electron chi connectivity index (χ2n) is 3.67. The highest BCUT2D eigenvalue weighted by molar-refractivity contribution is 7.87. The van der Waals surface area contributed by atoms with Crippen molar-refractivity contribution in [3.8, 4) is 0 Å². The molecule has 0 aliphatic heterocycles. The molecule has 0 fully saturated rings. The first-order valence-electron chi connectivity index (χ1n) is 4.96. The van der Waals surface area contributed by atoms with Crippen molar-refractivity contribution in [1.29, 1.82) is 0 Å². The fraction of sp³-hybridized carbons (Fsp3) is 1.00. The second-order valence-corrected chi connectivity index (χ2v) is 5.53. The van der Waals surface area contributed by atoms with Gasteiger partial charge in [0.05, 0.1) is 0 Å². The molecule has 0 aliphatic carbocycles. The summed E-state index contributed by atoms with van der Waals surface area (Å²) >= 11 is 0. The maximum absolute atomic E-state index is 11.6. The largest absolute Gasteiger partial charge is 0.330 e. The molecule has 0 saturated carbocycles. The molecular formula is C8H22N4O2S. The number of hydrogen-bond donors (Lipinski definition) is 2. The van der Waals surface area contributed by atoms with E-state index in [-0.39, 0.29) is 0 Å². The summed E-state index contributed by atoms with van der Waals surface area (Å²) < 4.78 is 26.9. The SMILES string of the molecule is CN(C)CCNS(=O)(=O)N(C)CCCN. The predicted octanol–water partition coefficient (Wildman–Crippen LogP) is -1.34. The van der Waals surface area contributed by atoms with Crippen LogP contribution < -0.4 is 10.5 Å². The van der Waals surface area contributed by atoms with Crippen molar-refractivity contribution in [2.75, 3.05) is 47.3 Å². The topological polar surface area (TPSA) is 78.7 Å². The van der Waals surface area contributed by atoms with Crippen molar-refractivity contribution in [3.05, 3.63) is 0 Å². The molecule has 0 spiro atoms. The minimum Gasteiger partial charge on any atom is -0.330 e. The third kappa shape index (κ3) is 6.80. The van der Waals surface area contributed by atoms with Gasteiger partial charge < -0.3 is 10.6 Å². The lowest BCUT2D eigenvalue weighted by Crippen LogP contribution is -2.41. The minimum absolute atomic E-state index is 0.419. The molecule has 92 valence electrons. The van der Waals surface area contributed by atoms with E-state index in [2.05, 4.69) is 4.72 Å². The van der Waals surface area contributed by atoms with Crippen LogP contribution in [0.4, 0.5) is 0 Å². The van der Waals surface area contributed by atoms with Crippen molar-refractivity contribution in [1.82, 2.24) is 13.9 Å². The maximum Gasteiger partial charge on any atom is 0.279 e. The summed E-state index contributed by atoms with van der Waals surface area (Å²) in [5, 5.41) is 0. The molecule has 0 unspecified atom stereocenters. The smallest absolute Gasteiger partial charge is 0.279 e. The monoisotopic (exact) mass is 238 g/mol. The molecule has 0 amide bonds. The molecule has 0 bridgehead atoms. The average Bonchev–Trinajstić information content (AvgIpc) is 2.13. The van der Waals surface area contributed by atoms with E-state index >= 15 is 0 Å². The lowest BCUT2D eigenvalue weighted by Gasteiger charge is -2.18. The van der Waals surface area contributed by atoms with Crippen LogP contribution in [0.25, 0.3) is 0 Å². The van der Waals surface area contributed by atoms with Gasteiger partial charge in [0.1, 0.15) is 0 Å². The first kappa shape index (κ1) is 14.8. The van der Waals surface area contributed by atoms with Crippen molar-refractivity contribution in [2.45, 2.75) is 6.42 Å². The zero-order chi connectivity index (χ0) is 11.9. The van der Waals surface area contributed by atoms with Crippen LogP contribution in [0, 0.1) is 0 Å². The van der Waals surface area contributed by atoms with E-state index in [4.69, 9.17) is 5.73 Å². The molecule has 0 aromatic carbocycles. The Morgan fingerprint density at radius 2 is 1.80 bits per heavy atom. The van der Waals surface area contributed by atoms with Crippen LogP contribution in [0.2, 0.25) is 0 Å². The molecule has 0 saturated heterocycles. The van der Waals surface area contributed by atoms with Gasteiger partial charge in [-0.15, -0.1) is 0 Å². The van der Waals surface area contributed by atoms with E-state index in [1.807, 2.05) is 19.0 Å². The van der Waals surface area contributed by atoms with E-state index in [0.29, 0.717) is 32.6 Å².